The quantitative estimate of drug-likeness (QED) is 0.867. The summed E-state index contributed by atoms with van der Waals surface area (Å²) in [4.78, 5) is 12.1. The van der Waals surface area contributed by atoms with Crippen LogP contribution in [0.1, 0.15) is 42.2 Å². The van der Waals surface area contributed by atoms with Gasteiger partial charge in [0.05, 0.1) is 16.9 Å². The molecule has 1 aromatic heterocycles. The first-order valence-corrected chi connectivity index (χ1v) is 6.56. The summed E-state index contributed by atoms with van der Waals surface area (Å²) >= 11 is 6.06. The molecule has 1 aliphatic rings. The molecule has 2 rings (SSSR count). The van der Waals surface area contributed by atoms with E-state index in [1.807, 2.05) is 6.92 Å². The van der Waals surface area contributed by atoms with Crippen molar-refractivity contribution in [2.45, 2.75) is 38.2 Å². The molecule has 0 saturated heterocycles. The Morgan fingerprint density at radius 2 is 2.28 bits per heavy atom. The SMILES string of the molecule is CCc1nn(C)c(Cl)c1C(=O)NCC1(O)CCC1. The molecule has 1 aliphatic carbocycles. The number of aromatic nitrogens is 2. The van der Waals surface area contributed by atoms with Crippen LogP contribution in [-0.2, 0) is 13.5 Å². The lowest BCUT2D eigenvalue weighted by Gasteiger charge is -2.36. The van der Waals surface area contributed by atoms with Gasteiger partial charge < -0.3 is 10.4 Å². The number of hydrogen-bond donors (Lipinski definition) is 2. The van der Waals surface area contributed by atoms with Gasteiger partial charge in [0.2, 0.25) is 0 Å². The third-order valence-electron chi connectivity index (χ3n) is 3.47. The van der Waals surface area contributed by atoms with Crippen LogP contribution in [-0.4, -0.2) is 32.9 Å². The fourth-order valence-corrected chi connectivity index (χ4v) is 2.36. The zero-order valence-corrected chi connectivity index (χ0v) is 11.4. The van der Waals surface area contributed by atoms with Crippen LogP contribution in [0.3, 0.4) is 0 Å². The molecule has 1 heterocycles. The number of carbonyl (C=O) groups excluding carboxylic acids is 1. The van der Waals surface area contributed by atoms with E-state index in [-0.39, 0.29) is 12.5 Å². The minimum absolute atomic E-state index is 0.259. The fraction of sp³-hybridized carbons (Fsp3) is 0.667. The summed E-state index contributed by atoms with van der Waals surface area (Å²) in [5.74, 6) is -0.259. The molecular weight excluding hydrogens is 254 g/mol. The van der Waals surface area contributed by atoms with E-state index in [0.717, 1.165) is 19.3 Å². The van der Waals surface area contributed by atoms with Gasteiger partial charge in [0, 0.05) is 13.6 Å². The predicted octanol–water partition coefficient (Wildman–Crippen LogP) is 1.28. The Bertz CT molecular complexity index is 466. The Morgan fingerprint density at radius 3 is 2.78 bits per heavy atom. The topological polar surface area (TPSA) is 67.2 Å². The van der Waals surface area contributed by atoms with Crippen molar-refractivity contribution < 1.29 is 9.90 Å². The van der Waals surface area contributed by atoms with E-state index in [0.29, 0.717) is 22.8 Å². The van der Waals surface area contributed by atoms with Crippen LogP contribution in [0.25, 0.3) is 0 Å². The molecule has 18 heavy (non-hydrogen) atoms. The molecule has 0 aliphatic heterocycles. The predicted molar refractivity (Wildman–Crippen MR) is 68.7 cm³/mol. The van der Waals surface area contributed by atoms with Crippen LogP contribution in [0.5, 0.6) is 0 Å². The number of rotatable bonds is 4. The number of hydrogen-bond acceptors (Lipinski definition) is 3. The van der Waals surface area contributed by atoms with Gasteiger partial charge in [0.25, 0.3) is 5.91 Å². The second-order valence-electron chi connectivity index (χ2n) is 4.85. The van der Waals surface area contributed by atoms with Crippen LogP contribution in [0.15, 0.2) is 0 Å². The molecule has 0 radical (unpaired) electrons. The van der Waals surface area contributed by atoms with E-state index < -0.39 is 5.60 Å². The average molecular weight is 272 g/mol. The third kappa shape index (κ3) is 2.37. The summed E-state index contributed by atoms with van der Waals surface area (Å²) < 4.78 is 1.49. The van der Waals surface area contributed by atoms with Gasteiger partial charge in [-0.1, -0.05) is 18.5 Å². The second kappa shape index (κ2) is 4.90. The molecule has 1 saturated carbocycles. The zero-order chi connectivity index (χ0) is 13.3. The van der Waals surface area contributed by atoms with Crippen LogP contribution in [0, 0.1) is 0 Å². The summed E-state index contributed by atoms with van der Waals surface area (Å²) in [5, 5.41) is 17.2. The standard InChI is InChI=1S/C12H18ClN3O2/c1-3-8-9(10(13)16(2)15-8)11(17)14-7-12(18)5-4-6-12/h18H,3-7H2,1-2H3,(H,14,17). The monoisotopic (exact) mass is 271 g/mol. The zero-order valence-electron chi connectivity index (χ0n) is 10.7. The lowest BCUT2D eigenvalue weighted by molar-refractivity contribution is -0.0300. The van der Waals surface area contributed by atoms with Crippen molar-refractivity contribution in [1.29, 1.82) is 0 Å². The Labute approximate surface area is 111 Å². The molecule has 0 bridgehead atoms. The van der Waals surface area contributed by atoms with Gasteiger partial charge in [-0.3, -0.25) is 9.48 Å². The number of nitrogens with one attached hydrogen (secondary N) is 1. The molecule has 6 heteroatoms. The highest BCUT2D eigenvalue weighted by molar-refractivity contribution is 6.33. The Kier molecular flexibility index (Phi) is 3.64. The maximum atomic E-state index is 12.1. The number of nitrogens with zero attached hydrogens (tertiary/aromatic N) is 2. The molecule has 100 valence electrons. The van der Waals surface area contributed by atoms with Gasteiger partial charge in [0.1, 0.15) is 5.15 Å². The summed E-state index contributed by atoms with van der Waals surface area (Å²) in [6.07, 6.45) is 3.15. The van der Waals surface area contributed by atoms with E-state index in [9.17, 15) is 9.90 Å². The van der Waals surface area contributed by atoms with Gasteiger partial charge in [-0.05, 0) is 25.7 Å². The van der Waals surface area contributed by atoms with Crippen LogP contribution >= 0.6 is 11.6 Å². The molecule has 1 fully saturated rings. The van der Waals surface area contributed by atoms with E-state index in [4.69, 9.17) is 11.6 Å². The van der Waals surface area contributed by atoms with E-state index >= 15 is 0 Å². The van der Waals surface area contributed by atoms with Crippen molar-refractivity contribution in [3.05, 3.63) is 16.4 Å². The highest BCUT2D eigenvalue weighted by Crippen LogP contribution is 2.30. The Hall–Kier alpha value is -1.07. The summed E-state index contributed by atoms with van der Waals surface area (Å²) in [7, 11) is 1.71. The number of aliphatic hydroxyl groups is 1. The van der Waals surface area contributed by atoms with E-state index in [1.54, 1.807) is 7.05 Å². The molecule has 0 spiro atoms. The van der Waals surface area contributed by atoms with Crippen molar-refractivity contribution in [3.8, 4) is 0 Å². The smallest absolute Gasteiger partial charge is 0.256 e. The number of aryl methyl sites for hydroxylation is 2. The van der Waals surface area contributed by atoms with Crippen molar-refractivity contribution in [2.24, 2.45) is 7.05 Å². The summed E-state index contributed by atoms with van der Waals surface area (Å²) in [5.41, 5.74) is 0.377. The van der Waals surface area contributed by atoms with Gasteiger partial charge >= 0.3 is 0 Å². The number of amides is 1. The van der Waals surface area contributed by atoms with Crippen molar-refractivity contribution in [1.82, 2.24) is 15.1 Å². The first-order valence-electron chi connectivity index (χ1n) is 6.19. The number of halogens is 1. The van der Waals surface area contributed by atoms with Gasteiger partial charge in [-0.15, -0.1) is 0 Å². The molecule has 1 aromatic rings. The third-order valence-corrected chi connectivity index (χ3v) is 3.91. The highest BCUT2D eigenvalue weighted by Gasteiger charge is 2.35. The van der Waals surface area contributed by atoms with Gasteiger partial charge in [-0.2, -0.15) is 5.10 Å². The minimum Gasteiger partial charge on any atom is -0.388 e. The maximum absolute atomic E-state index is 12.1. The van der Waals surface area contributed by atoms with Crippen molar-refractivity contribution in [2.75, 3.05) is 6.54 Å². The molecule has 0 atom stereocenters. The van der Waals surface area contributed by atoms with Crippen molar-refractivity contribution in [3.63, 3.8) is 0 Å². The van der Waals surface area contributed by atoms with Crippen LogP contribution in [0.4, 0.5) is 0 Å². The summed E-state index contributed by atoms with van der Waals surface area (Å²) in [6, 6.07) is 0. The Morgan fingerprint density at radius 1 is 1.61 bits per heavy atom. The molecule has 0 aromatic carbocycles. The first-order chi connectivity index (χ1) is 8.47. The minimum atomic E-state index is -0.725. The van der Waals surface area contributed by atoms with Gasteiger partial charge in [-0.25, -0.2) is 0 Å². The van der Waals surface area contributed by atoms with Crippen LogP contribution < -0.4 is 5.32 Å². The normalized spacial score (nSPS) is 17.3. The lowest BCUT2D eigenvalue weighted by atomic mass is 9.80. The lowest BCUT2D eigenvalue weighted by Crippen LogP contribution is -2.47. The largest absolute Gasteiger partial charge is 0.388 e. The molecule has 0 unspecified atom stereocenters. The second-order valence-corrected chi connectivity index (χ2v) is 5.21. The van der Waals surface area contributed by atoms with Crippen molar-refractivity contribution >= 4 is 17.5 Å². The highest BCUT2D eigenvalue weighted by atomic mass is 35.5. The van der Waals surface area contributed by atoms with E-state index in [1.165, 1.54) is 4.68 Å². The van der Waals surface area contributed by atoms with Gasteiger partial charge in [0.15, 0.2) is 0 Å². The van der Waals surface area contributed by atoms with E-state index in [2.05, 4.69) is 10.4 Å². The maximum Gasteiger partial charge on any atom is 0.256 e. The molecule has 2 N–H and O–H groups in total. The molecule has 5 nitrogen and oxygen atoms in total. The Balaban J connectivity index is 2.08. The molecular formula is C12H18ClN3O2. The fourth-order valence-electron chi connectivity index (χ4n) is 2.12. The average Bonchev–Trinajstić information content (AvgIpc) is 2.60. The summed E-state index contributed by atoms with van der Waals surface area (Å²) in [6.45, 7) is 2.20. The molecule has 1 amide bonds. The number of carbonyl (C=O) groups is 1. The van der Waals surface area contributed by atoms with Crippen LogP contribution in [0.2, 0.25) is 5.15 Å². The first kappa shape index (κ1) is 13.4.